The fraction of sp³-hybridized carbons (Fsp3) is 0.700. The molecule has 1 aromatic rings. The normalized spacial score (nSPS) is 12.5. The number of aryl methyl sites for hydroxylation is 2. The van der Waals surface area contributed by atoms with Gasteiger partial charge in [-0.25, -0.2) is 4.68 Å². The van der Waals surface area contributed by atoms with E-state index in [1.54, 1.807) is 11.7 Å². The lowest BCUT2D eigenvalue weighted by atomic mass is 10.2. The van der Waals surface area contributed by atoms with Crippen molar-refractivity contribution in [3.05, 3.63) is 15.8 Å². The van der Waals surface area contributed by atoms with Gasteiger partial charge in [-0.3, -0.25) is 10.1 Å². The lowest BCUT2D eigenvalue weighted by molar-refractivity contribution is -0.384. The van der Waals surface area contributed by atoms with Crippen molar-refractivity contribution in [2.45, 2.75) is 39.7 Å². The van der Waals surface area contributed by atoms with Crippen LogP contribution in [0.15, 0.2) is 0 Å². The zero-order chi connectivity index (χ0) is 12.3. The molecule has 0 amide bonds. The van der Waals surface area contributed by atoms with Crippen molar-refractivity contribution < 1.29 is 4.92 Å². The van der Waals surface area contributed by atoms with Gasteiger partial charge in [0.2, 0.25) is 5.82 Å². The van der Waals surface area contributed by atoms with Crippen molar-refractivity contribution in [1.29, 1.82) is 0 Å². The number of hydrogen-bond donors (Lipinski definition) is 1. The molecule has 1 unspecified atom stereocenters. The van der Waals surface area contributed by atoms with Gasteiger partial charge in [-0.1, -0.05) is 13.8 Å². The van der Waals surface area contributed by atoms with Crippen LogP contribution in [-0.2, 0) is 13.5 Å². The molecule has 0 fully saturated rings. The molecule has 0 aromatic carbocycles. The van der Waals surface area contributed by atoms with Gasteiger partial charge >= 0.3 is 5.69 Å². The minimum Gasteiger partial charge on any atom is -0.362 e. The van der Waals surface area contributed by atoms with E-state index in [9.17, 15) is 10.1 Å². The summed E-state index contributed by atoms with van der Waals surface area (Å²) in [4.78, 5) is 10.6. The van der Waals surface area contributed by atoms with Gasteiger partial charge in [0.1, 0.15) is 5.69 Å². The van der Waals surface area contributed by atoms with Crippen molar-refractivity contribution in [2.75, 3.05) is 5.32 Å². The van der Waals surface area contributed by atoms with Crippen LogP contribution in [0.1, 0.15) is 32.9 Å². The first-order chi connectivity index (χ1) is 7.51. The highest BCUT2D eigenvalue weighted by molar-refractivity contribution is 5.60. The molecule has 6 nitrogen and oxygen atoms in total. The molecule has 0 saturated carbocycles. The summed E-state index contributed by atoms with van der Waals surface area (Å²) in [6.07, 6.45) is 1.47. The van der Waals surface area contributed by atoms with E-state index in [1.165, 1.54) is 0 Å². The number of hydrogen-bond acceptors (Lipinski definition) is 4. The third-order valence-electron chi connectivity index (χ3n) is 2.60. The average molecular weight is 226 g/mol. The Morgan fingerprint density at radius 3 is 2.62 bits per heavy atom. The second kappa shape index (κ2) is 4.96. The van der Waals surface area contributed by atoms with Crippen LogP contribution in [0.3, 0.4) is 0 Å². The Balaban J connectivity index is 3.15. The molecule has 6 heteroatoms. The second-order valence-electron chi connectivity index (χ2n) is 3.83. The number of rotatable bonds is 5. The lowest BCUT2D eigenvalue weighted by Gasteiger charge is -2.11. The second-order valence-corrected chi connectivity index (χ2v) is 3.83. The Hall–Kier alpha value is -1.59. The van der Waals surface area contributed by atoms with Crippen molar-refractivity contribution in [3.8, 4) is 0 Å². The molecule has 0 saturated heterocycles. The van der Waals surface area contributed by atoms with Crippen molar-refractivity contribution >= 4 is 11.5 Å². The van der Waals surface area contributed by atoms with Gasteiger partial charge in [0.25, 0.3) is 0 Å². The van der Waals surface area contributed by atoms with E-state index in [4.69, 9.17) is 0 Å². The fourth-order valence-corrected chi connectivity index (χ4v) is 1.50. The van der Waals surface area contributed by atoms with Crippen LogP contribution in [-0.4, -0.2) is 20.7 Å². The van der Waals surface area contributed by atoms with Gasteiger partial charge < -0.3 is 5.32 Å². The Bertz CT molecular complexity index is 386. The van der Waals surface area contributed by atoms with Crippen molar-refractivity contribution in [2.24, 2.45) is 7.05 Å². The molecular weight excluding hydrogens is 208 g/mol. The van der Waals surface area contributed by atoms with Crippen LogP contribution >= 0.6 is 0 Å². The Morgan fingerprint density at radius 1 is 1.56 bits per heavy atom. The predicted octanol–water partition coefficient (Wildman–Crippen LogP) is 2.10. The zero-order valence-corrected chi connectivity index (χ0v) is 10.1. The van der Waals surface area contributed by atoms with E-state index in [1.807, 2.05) is 20.8 Å². The summed E-state index contributed by atoms with van der Waals surface area (Å²) >= 11 is 0. The molecular formula is C10H18N4O2. The third-order valence-corrected chi connectivity index (χ3v) is 2.60. The maximum atomic E-state index is 11.0. The van der Waals surface area contributed by atoms with E-state index in [0.717, 1.165) is 6.42 Å². The maximum absolute atomic E-state index is 11.0. The summed E-state index contributed by atoms with van der Waals surface area (Å²) in [7, 11) is 1.72. The van der Waals surface area contributed by atoms with E-state index in [-0.39, 0.29) is 16.7 Å². The first kappa shape index (κ1) is 12.5. The summed E-state index contributed by atoms with van der Waals surface area (Å²) in [5.74, 6) is 0.496. The van der Waals surface area contributed by atoms with Gasteiger partial charge in [-0.2, -0.15) is 5.10 Å². The lowest BCUT2D eigenvalue weighted by Crippen LogP contribution is -2.16. The van der Waals surface area contributed by atoms with Gasteiger partial charge in [0.15, 0.2) is 0 Å². The molecule has 1 rings (SSSR count). The van der Waals surface area contributed by atoms with Gasteiger partial charge in [-0.15, -0.1) is 0 Å². The summed E-state index contributed by atoms with van der Waals surface area (Å²) in [5.41, 5.74) is 0.628. The van der Waals surface area contributed by atoms with E-state index in [2.05, 4.69) is 10.4 Å². The van der Waals surface area contributed by atoms with E-state index >= 15 is 0 Å². The summed E-state index contributed by atoms with van der Waals surface area (Å²) in [6, 6.07) is 0.193. The largest absolute Gasteiger partial charge is 0.362 e. The monoisotopic (exact) mass is 226 g/mol. The first-order valence-electron chi connectivity index (χ1n) is 5.48. The minimum absolute atomic E-state index is 0.102. The zero-order valence-electron chi connectivity index (χ0n) is 10.1. The fourth-order valence-electron chi connectivity index (χ4n) is 1.50. The maximum Gasteiger partial charge on any atom is 0.333 e. The molecule has 0 aliphatic heterocycles. The number of anilines is 1. The molecule has 0 bridgehead atoms. The quantitative estimate of drug-likeness (QED) is 0.616. The molecule has 1 aromatic heterocycles. The van der Waals surface area contributed by atoms with Crippen molar-refractivity contribution in [1.82, 2.24) is 9.78 Å². The molecule has 1 N–H and O–H groups in total. The summed E-state index contributed by atoms with van der Waals surface area (Å²) in [6.45, 7) is 5.88. The van der Waals surface area contributed by atoms with Crippen LogP contribution in [0.25, 0.3) is 0 Å². The number of nitro groups is 1. The molecule has 1 atom stereocenters. The number of nitrogens with one attached hydrogen (secondary N) is 1. The molecule has 16 heavy (non-hydrogen) atoms. The topological polar surface area (TPSA) is 73.0 Å². The van der Waals surface area contributed by atoms with E-state index < -0.39 is 0 Å². The van der Waals surface area contributed by atoms with Gasteiger partial charge in [0.05, 0.1) is 4.92 Å². The highest BCUT2D eigenvalue weighted by Crippen LogP contribution is 2.29. The predicted molar refractivity (Wildman–Crippen MR) is 62.6 cm³/mol. The smallest absolute Gasteiger partial charge is 0.333 e. The Morgan fingerprint density at radius 2 is 2.19 bits per heavy atom. The van der Waals surface area contributed by atoms with Crippen LogP contribution in [0, 0.1) is 10.1 Å². The van der Waals surface area contributed by atoms with Crippen LogP contribution in [0.4, 0.5) is 11.5 Å². The molecule has 0 spiro atoms. The molecule has 1 heterocycles. The van der Waals surface area contributed by atoms with Gasteiger partial charge in [0, 0.05) is 13.1 Å². The number of nitrogens with zero attached hydrogens (tertiary/aromatic N) is 3. The minimum atomic E-state index is -0.365. The van der Waals surface area contributed by atoms with Gasteiger partial charge in [-0.05, 0) is 19.8 Å². The highest BCUT2D eigenvalue weighted by atomic mass is 16.6. The van der Waals surface area contributed by atoms with Crippen LogP contribution < -0.4 is 5.32 Å². The first-order valence-corrected chi connectivity index (χ1v) is 5.48. The Kier molecular flexibility index (Phi) is 3.87. The molecule has 0 aliphatic rings. The molecule has 90 valence electrons. The number of aromatic nitrogens is 2. The third kappa shape index (κ3) is 2.32. The Labute approximate surface area is 94.8 Å². The summed E-state index contributed by atoms with van der Waals surface area (Å²) in [5, 5.41) is 18.3. The van der Waals surface area contributed by atoms with Crippen molar-refractivity contribution in [3.63, 3.8) is 0 Å². The molecule has 0 aliphatic carbocycles. The highest BCUT2D eigenvalue weighted by Gasteiger charge is 2.25. The van der Waals surface area contributed by atoms with Crippen LogP contribution in [0.5, 0.6) is 0 Å². The standard InChI is InChI=1S/C10H18N4O2/c1-5-7(3)11-10-9(14(15)16)8(6-2)12-13(10)4/h7,11H,5-6H2,1-4H3. The SMILES string of the molecule is CCc1nn(C)c(NC(C)CC)c1[N+](=O)[O-]. The molecule has 0 radical (unpaired) electrons. The van der Waals surface area contributed by atoms with Crippen LogP contribution in [0.2, 0.25) is 0 Å². The average Bonchev–Trinajstić information content (AvgIpc) is 2.55. The van der Waals surface area contributed by atoms with E-state index in [0.29, 0.717) is 17.9 Å². The summed E-state index contributed by atoms with van der Waals surface area (Å²) < 4.78 is 1.54.